The summed E-state index contributed by atoms with van der Waals surface area (Å²) in [6.45, 7) is 4.09. The Hall–Kier alpha value is -2.75. The topological polar surface area (TPSA) is 36.3 Å². The Bertz CT molecular complexity index is 837. The molecule has 1 aromatic heterocycles. The van der Waals surface area contributed by atoms with Crippen LogP contribution in [0.1, 0.15) is 11.3 Å². The van der Waals surface area contributed by atoms with E-state index in [1.165, 1.54) is 5.56 Å². The van der Waals surface area contributed by atoms with E-state index in [1.54, 1.807) is 14.2 Å². The number of methoxy groups -OCH3 is 2. The van der Waals surface area contributed by atoms with E-state index in [1.807, 2.05) is 48.1 Å². The van der Waals surface area contributed by atoms with Gasteiger partial charge < -0.3 is 9.47 Å². The van der Waals surface area contributed by atoms with Gasteiger partial charge in [-0.05, 0) is 37.6 Å². The lowest BCUT2D eigenvalue weighted by atomic mass is 10.1. The highest BCUT2D eigenvalue weighted by atomic mass is 16.5. The molecule has 0 spiro atoms. The molecule has 0 saturated carbocycles. The zero-order valence-electron chi connectivity index (χ0n) is 13.8. The van der Waals surface area contributed by atoms with Crippen LogP contribution in [0.4, 0.5) is 0 Å². The molecule has 1 heterocycles. The smallest absolute Gasteiger partial charge is 0.130 e. The summed E-state index contributed by atoms with van der Waals surface area (Å²) in [7, 11) is 3.31. The minimum atomic E-state index is 0.773. The van der Waals surface area contributed by atoms with Gasteiger partial charge in [-0.1, -0.05) is 18.2 Å². The first-order valence-corrected chi connectivity index (χ1v) is 7.48. The van der Waals surface area contributed by atoms with Gasteiger partial charge in [0.2, 0.25) is 0 Å². The molecule has 3 aromatic rings. The Labute approximate surface area is 136 Å². The molecule has 0 atom stereocenters. The van der Waals surface area contributed by atoms with Crippen molar-refractivity contribution in [2.45, 2.75) is 13.8 Å². The van der Waals surface area contributed by atoms with Crippen molar-refractivity contribution < 1.29 is 9.47 Å². The highest BCUT2D eigenvalue weighted by Gasteiger charge is 2.14. The predicted octanol–water partition coefficient (Wildman–Crippen LogP) is 4.17. The minimum Gasteiger partial charge on any atom is -0.497 e. The van der Waals surface area contributed by atoms with Crippen molar-refractivity contribution in [1.82, 2.24) is 9.78 Å². The number of nitrogens with zero attached hydrogens (tertiary/aromatic N) is 2. The van der Waals surface area contributed by atoms with Crippen LogP contribution in [-0.2, 0) is 0 Å². The van der Waals surface area contributed by atoms with Crippen molar-refractivity contribution in [2.75, 3.05) is 14.2 Å². The summed E-state index contributed by atoms with van der Waals surface area (Å²) in [6, 6.07) is 14.0. The van der Waals surface area contributed by atoms with Gasteiger partial charge in [0.05, 0.1) is 25.6 Å². The van der Waals surface area contributed by atoms with E-state index in [4.69, 9.17) is 9.47 Å². The van der Waals surface area contributed by atoms with Gasteiger partial charge in [0.25, 0.3) is 0 Å². The molecule has 118 valence electrons. The lowest BCUT2D eigenvalue weighted by molar-refractivity contribution is 0.395. The fourth-order valence-electron chi connectivity index (χ4n) is 2.69. The standard InChI is InChI=1S/C19H20N2O2/c1-13-7-5-6-8-18(13)21-12-17(14(2)20-21)16-10-9-15(22-3)11-19(16)23-4/h5-12H,1-4H3. The molecule has 0 radical (unpaired) electrons. The Balaban J connectivity index is 2.10. The first-order valence-electron chi connectivity index (χ1n) is 7.48. The molecule has 0 aliphatic carbocycles. The summed E-state index contributed by atoms with van der Waals surface area (Å²) >= 11 is 0. The van der Waals surface area contributed by atoms with Gasteiger partial charge in [-0.15, -0.1) is 0 Å². The van der Waals surface area contributed by atoms with Gasteiger partial charge >= 0.3 is 0 Å². The molecule has 3 rings (SSSR count). The maximum atomic E-state index is 5.52. The van der Waals surface area contributed by atoms with Crippen LogP contribution in [0.2, 0.25) is 0 Å². The van der Waals surface area contributed by atoms with E-state index in [9.17, 15) is 0 Å². The predicted molar refractivity (Wildman–Crippen MR) is 91.6 cm³/mol. The first-order chi connectivity index (χ1) is 11.1. The van der Waals surface area contributed by atoms with Crippen molar-refractivity contribution in [3.8, 4) is 28.3 Å². The highest BCUT2D eigenvalue weighted by Crippen LogP contribution is 2.35. The average molecular weight is 308 g/mol. The molecule has 0 bridgehead atoms. The lowest BCUT2D eigenvalue weighted by Gasteiger charge is -2.09. The molecule has 23 heavy (non-hydrogen) atoms. The molecule has 0 aliphatic rings. The zero-order valence-corrected chi connectivity index (χ0v) is 13.8. The summed E-state index contributed by atoms with van der Waals surface area (Å²) in [6.07, 6.45) is 2.04. The summed E-state index contributed by atoms with van der Waals surface area (Å²) in [5.41, 5.74) is 5.27. The number of hydrogen-bond acceptors (Lipinski definition) is 3. The number of benzene rings is 2. The van der Waals surface area contributed by atoms with Crippen molar-refractivity contribution >= 4 is 0 Å². The van der Waals surface area contributed by atoms with Gasteiger partial charge in [-0.3, -0.25) is 0 Å². The Kier molecular flexibility index (Phi) is 4.06. The monoisotopic (exact) mass is 308 g/mol. The molecular weight excluding hydrogens is 288 g/mol. The number of ether oxygens (including phenoxy) is 2. The van der Waals surface area contributed by atoms with Gasteiger partial charge in [-0.25, -0.2) is 4.68 Å². The van der Waals surface area contributed by atoms with Crippen LogP contribution >= 0.6 is 0 Å². The van der Waals surface area contributed by atoms with Crippen molar-refractivity contribution in [3.63, 3.8) is 0 Å². The largest absolute Gasteiger partial charge is 0.497 e. The van der Waals surface area contributed by atoms with Crippen LogP contribution in [0.25, 0.3) is 16.8 Å². The summed E-state index contributed by atoms with van der Waals surface area (Å²) in [4.78, 5) is 0. The second-order valence-corrected chi connectivity index (χ2v) is 5.43. The lowest BCUT2D eigenvalue weighted by Crippen LogP contribution is -1.97. The number of aryl methyl sites for hydroxylation is 2. The fourth-order valence-corrected chi connectivity index (χ4v) is 2.69. The van der Waals surface area contributed by atoms with E-state index < -0.39 is 0 Å². The Morgan fingerprint density at radius 3 is 2.39 bits per heavy atom. The van der Waals surface area contributed by atoms with Crippen LogP contribution in [0, 0.1) is 13.8 Å². The van der Waals surface area contributed by atoms with Gasteiger partial charge in [-0.2, -0.15) is 5.10 Å². The normalized spacial score (nSPS) is 10.6. The average Bonchev–Trinajstić information content (AvgIpc) is 2.96. The molecule has 0 N–H and O–H groups in total. The van der Waals surface area contributed by atoms with E-state index in [0.29, 0.717) is 0 Å². The molecule has 4 nitrogen and oxygen atoms in total. The van der Waals surface area contributed by atoms with Crippen molar-refractivity contribution in [2.24, 2.45) is 0 Å². The molecule has 0 unspecified atom stereocenters. The third-order valence-electron chi connectivity index (χ3n) is 3.96. The third kappa shape index (κ3) is 2.80. The number of para-hydroxylation sites is 1. The summed E-state index contributed by atoms with van der Waals surface area (Å²) in [5, 5.41) is 4.67. The molecule has 0 saturated heterocycles. The van der Waals surface area contributed by atoms with Gasteiger partial charge in [0.1, 0.15) is 11.5 Å². The molecule has 0 aliphatic heterocycles. The maximum absolute atomic E-state index is 5.52. The Morgan fingerprint density at radius 1 is 0.913 bits per heavy atom. The van der Waals surface area contributed by atoms with E-state index in [2.05, 4.69) is 24.2 Å². The van der Waals surface area contributed by atoms with Crippen LogP contribution < -0.4 is 9.47 Å². The van der Waals surface area contributed by atoms with E-state index in [0.717, 1.165) is 34.0 Å². The van der Waals surface area contributed by atoms with Gasteiger partial charge in [0.15, 0.2) is 0 Å². The second kappa shape index (κ2) is 6.16. The molecule has 4 heteroatoms. The third-order valence-corrected chi connectivity index (χ3v) is 3.96. The van der Waals surface area contributed by atoms with Crippen LogP contribution in [-0.4, -0.2) is 24.0 Å². The molecule has 0 amide bonds. The van der Waals surface area contributed by atoms with E-state index >= 15 is 0 Å². The van der Waals surface area contributed by atoms with Crippen LogP contribution in [0.3, 0.4) is 0 Å². The summed E-state index contributed by atoms with van der Waals surface area (Å²) < 4.78 is 12.7. The first kappa shape index (κ1) is 15.2. The maximum Gasteiger partial charge on any atom is 0.130 e. The number of aromatic nitrogens is 2. The zero-order chi connectivity index (χ0) is 16.4. The van der Waals surface area contributed by atoms with Gasteiger partial charge in [0, 0.05) is 23.4 Å². The van der Waals surface area contributed by atoms with Crippen LogP contribution in [0.5, 0.6) is 11.5 Å². The second-order valence-electron chi connectivity index (χ2n) is 5.43. The molecular formula is C19H20N2O2. The molecule has 2 aromatic carbocycles. The SMILES string of the molecule is COc1ccc(-c2cn(-c3ccccc3C)nc2C)c(OC)c1. The minimum absolute atomic E-state index is 0.773. The van der Waals surface area contributed by atoms with Crippen molar-refractivity contribution in [1.29, 1.82) is 0 Å². The number of rotatable bonds is 4. The van der Waals surface area contributed by atoms with Crippen LogP contribution in [0.15, 0.2) is 48.7 Å². The quantitative estimate of drug-likeness (QED) is 0.725. The fraction of sp³-hybridized carbons (Fsp3) is 0.211. The highest BCUT2D eigenvalue weighted by molar-refractivity contribution is 5.73. The Morgan fingerprint density at radius 2 is 1.70 bits per heavy atom. The number of hydrogen-bond donors (Lipinski definition) is 0. The molecule has 0 fully saturated rings. The summed E-state index contributed by atoms with van der Waals surface area (Å²) in [5.74, 6) is 1.55. The van der Waals surface area contributed by atoms with E-state index in [-0.39, 0.29) is 0 Å². The van der Waals surface area contributed by atoms with Crippen molar-refractivity contribution in [3.05, 3.63) is 59.9 Å².